The molecule has 4 nitrogen and oxygen atoms in total. The van der Waals surface area contributed by atoms with Gasteiger partial charge in [0, 0.05) is 12.1 Å². The minimum Gasteiger partial charge on any atom is -0.492 e. The molecule has 0 spiro atoms. The van der Waals surface area contributed by atoms with Crippen molar-refractivity contribution in [3.63, 3.8) is 0 Å². The molecular formula is C13H17Cl2N3O. The lowest BCUT2D eigenvalue weighted by atomic mass is 9.93. The molecule has 1 aliphatic rings. The molecule has 104 valence electrons. The number of ether oxygens (including phenoxy) is 1. The highest BCUT2D eigenvalue weighted by Gasteiger charge is 2.16. The van der Waals surface area contributed by atoms with Crippen molar-refractivity contribution < 1.29 is 4.74 Å². The van der Waals surface area contributed by atoms with Gasteiger partial charge < -0.3 is 15.8 Å². The van der Waals surface area contributed by atoms with Crippen LogP contribution in [-0.4, -0.2) is 25.2 Å². The Balaban J connectivity index is 1.70. The number of nitrogens with two attached hydrogens (primary N) is 1. The molecule has 0 atom stereocenters. The van der Waals surface area contributed by atoms with Gasteiger partial charge in [-0.15, -0.1) is 0 Å². The summed E-state index contributed by atoms with van der Waals surface area (Å²) in [5, 5.41) is 4.16. The summed E-state index contributed by atoms with van der Waals surface area (Å²) in [6.45, 7) is 0.955. The van der Waals surface area contributed by atoms with Gasteiger partial charge in [0.15, 0.2) is 5.96 Å². The average Bonchev–Trinajstić information content (AvgIpc) is 2.34. The maximum atomic E-state index is 5.89. The molecule has 0 amide bonds. The van der Waals surface area contributed by atoms with Crippen LogP contribution in [0.5, 0.6) is 5.75 Å². The molecular weight excluding hydrogens is 285 g/mol. The first kappa shape index (κ1) is 14.3. The Bertz CT molecular complexity index is 461. The zero-order chi connectivity index (χ0) is 13.7. The van der Waals surface area contributed by atoms with Crippen molar-refractivity contribution in [2.24, 2.45) is 10.7 Å². The Kier molecular flexibility index (Phi) is 5.16. The smallest absolute Gasteiger partial charge is 0.188 e. The second kappa shape index (κ2) is 6.87. The van der Waals surface area contributed by atoms with E-state index >= 15 is 0 Å². The summed E-state index contributed by atoms with van der Waals surface area (Å²) in [6.07, 6.45) is 3.62. The Labute approximate surface area is 122 Å². The van der Waals surface area contributed by atoms with Gasteiger partial charge in [-0.3, -0.25) is 0 Å². The molecule has 1 aromatic carbocycles. The summed E-state index contributed by atoms with van der Waals surface area (Å²) in [5.74, 6) is 1.16. The van der Waals surface area contributed by atoms with Crippen molar-refractivity contribution in [1.29, 1.82) is 0 Å². The van der Waals surface area contributed by atoms with Gasteiger partial charge in [0.25, 0.3) is 0 Å². The van der Waals surface area contributed by atoms with Gasteiger partial charge in [-0.1, -0.05) is 23.2 Å². The third kappa shape index (κ3) is 4.48. The van der Waals surface area contributed by atoms with Gasteiger partial charge in [-0.05, 0) is 31.4 Å². The topological polar surface area (TPSA) is 59.6 Å². The molecule has 0 bridgehead atoms. The quantitative estimate of drug-likeness (QED) is 0.499. The van der Waals surface area contributed by atoms with E-state index in [2.05, 4.69) is 10.3 Å². The Morgan fingerprint density at radius 3 is 2.79 bits per heavy atom. The number of aliphatic imine (C=N–C) groups is 1. The molecule has 0 unspecified atom stereocenters. The molecule has 0 heterocycles. The van der Waals surface area contributed by atoms with Crippen LogP contribution < -0.4 is 15.8 Å². The zero-order valence-corrected chi connectivity index (χ0v) is 12.0. The monoisotopic (exact) mass is 301 g/mol. The molecule has 0 radical (unpaired) electrons. The fourth-order valence-electron chi connectivity index (χ4n) is 1.70. The van der Waals surface area contributed by atoms with Crippen LogP contribution in [0, 0.1) is 0 Å². The highest BCUT2D eigenvalue weighted by atomic mass is 35.5. The summed E-state index contributed by atoms with van der Waals surface area (Å²) in [4.78, 5) is 4.20. The van der Waals surface area contributed by atoms with Crippen LogP contribution in [-0.2, 0) is 0 Å². The third-order valence-corrected chi connectivity index (χ3v) is 3.73. The van der Waals surface area contributed by atoms with Gasteiger partial charge in [0.1, 0.15) is 12.4 Å². The lowest BCUT2D eigenvalue weighted by Gasteiger charge is -2.26. The van der Waals surface area contributed by atoms with Crippen LogP contribution >= 0.6 is 23.2 Å². The summed E-state index contributed by atoms with van der Waals surface area (Å²) in [7, 11) is 0. The summed E-state index contributed by atoms with van der Waals surface area (Å²) in [5.41, 5.74) is 5.75. The minimum absolute atomic E-state index is 0.449. The number of hydrogen-bond donors (Lipinski definition) is 2. The molecule has 0 aliphatic heterocycles. The van der Waals surface area contributed by atoms with Crippen molar-refractivity contribution in [3.05, 3.63) is 28.2 Å². The number of hydrogen-bond acceptors (Lipinski definition) is 2. The van der Waals surface area contributed by atoms with E-state index in [-0.39, 0.29) is 0 Å². The van der Waals surface area contributed by atoms with E-state index in [4.69, 9.17) is 33.7 Å². The number of halogens is 2. The normalized spacial score (nSPS) is 16.0. The van der Waals surface area contributed by atoms with E-state index < -0.39 is 0 Å². The highest BCUT2D eigenvalue weighted by molar-refractivity contribution is 6.42. The van der Waals surface area contributed by atoms with Crippen molar-refractivity contribution in [3.8, 4) is 5.75 Å². The second-order valence-electron chi connectivity index (χ2n) is 4.46. The first-order valence-electron chi connectivity index (χ1n) is 6.29. The predicted octanol–water partition coefficient (Wildman–Crippen LogP) is 2.83. The van der Waals surface area contributed by atoms with E-state index in [1.807, 2.05) is 0 Å². The molecule has 1 fully saturated rings. The Hall–Kier alpha value is -1.13. The summed E-state index contributed by atoms with van der Waals surface area (Å²) in [6, 6.07) is 5.66. The van der Waals surface area contributed by atoms with Crippen molar-refractivity contribution in [2.45, 2.75) is 25.3 Å². The number of nitrogens with one attached hydrogen (secondary N) is 1. The van der Waals surface area contributed by atoms with E-state index in [1.165, 1.54) is 19.3 Å². The number of benzene rings is 1. The van der Waals surface area contributed by atoms with Crippen LogP contribution in [0.15, 0.2) is 23.2 Å². The van der Waals surface area contributed by atoms with Crippen LogP contribution in [0.25, 0.3) is 0 Å². The fraction of sp³-hybridized carbons (Fsp3) is 0.462. The van der Waals surface area contributed by atoms with Crippen molar-refractivity contribution in [1.82, 2.24) is 5.32 Å². The average molecular weight is 302 g/mol. The maximum Gasteiger partial charge on any atom is 0.188 e. The van der Waals surface area contributed by atoms with Crippen LogP contribution in [0.2, 0.25) is 10.0 Å². The Morgan fingerprint density at radius 1 is 1.37 bits per heavy atom. The third-order valence-electron chi connectivity index (χ3n) is 2.99. The number of guanidine groups is 1. The molecule has 1 aliphatic carbocycles. The first-order chi connectivity index (χ1) is 9.15. The van der Waals surface area contributed by atoms with E-state index in [9.17, 15) is 0 Å². The molecule has 19 heavy (non-hydrogen) atoms. The van der Waals surface area contributed by atoms with Gasteiger partial charge >= 0.3 is 0 Å². The molecule has 0 saturated heterocycles. The predicted molar refractivity (Wildman–Crippen MR) is 79.2 cm³/mol. The first-order valence-corrected chi connectivity index (χ1v) is 7.05. The lowest BCUT2D eigenvalue weighted by molar-refractivity contribution is 0.328. The van der Waals surface area contributed by atoms with Crippen LogP contribution in [0.4, 0.5) is 0 Å². The maximum absolute atomic E-state index is 5.89. The molecule has 3 N–H and O–H groups in total. The minimum atomic E-state index is 0.449. The van der Waals surface area contributed by atoms with E-state index in [0.717, 1.165) is 0 Å². The van der Waals surface area contributed by atoms with E-state index in [0.29, 0.717) is 40.9 Å². The lowest BCUT2D eigenvalue weighted by Crippen LogP contribution is -2.43. The summed E-state index contributed by atoms with van der Waals surface area (Å²) >= 11 is 11.7. The summed E-state index contributed by atoms with van der Waals surface area (Å²) < 4.78 is 5.50. The Morgan fingerprint density at radius 2 is 2.16 bits per heavy atom. The second-order valence-corrected chi connectivity index (χ2v) is 5.28. The standard InChI is InChI=1S/C13H17Cl2N3O/c14-11-5-4-10(8-12(11)15)19-7-6-17-13(16)18-9-2-1-3-9/h4-5,8-9H,1-3,6-7H2,(H3,16,17,18). The van der Waals surface area contributed by atoms with Crippen LogP contribution in [0.3, 0.4) is 0 Å². The number of rotatable bonds is 5. The van der Waals surface area contributed by atoms with Gasteiger partial charge in [0.05, 0.1) is 16.6 Å². The number of nitrogens with zero attached hydrogens (tertiary/aromatic N) is 1. The molecule has 2 rings (SSSR count). The van der Waals surface area contributed by atoms with Gasteiger partial charge in [0.2, 0.25) is 0 Å². The zero-order valence-electron chi connectivity index (χ0n) is 10.5. The van der Waals surface area contributed by atoms with Crippen molar-refractivity contribution >= 4 is 29.2 Å². The van der Waals surface area contributed by atoms with E-state index in [1.54, 1.807) is 18.2 Å². The molecule has 6 heteroatoms. The molecule has 1 saturated carbocycles. The molecule has 1 aromatic rings. The van der Waals surface area contributed by atoms with Gasteiger partial charge in [-0.25, -0.2) is 4.99 Å². The largest absolute Gasteiger partial charge is 0.492 e. The SMILES string of the molecule is NC(=NCCOc1ccc(Cl)c(Cl)c1)NC1CCC1. The fourth-order valence-corrected chi connectivity index (χ4v) is 1.99. The molecule has 0 aromatic heterocycles. The van der Waals surface area contributed by atoms with Crippen LogP contribution in [0.1, 0.15) is 19.3 Å². The van der Waals surface area contributed by atoms with Gasteiger partial charge in [-0.2, -0.15) is 0 Å². The highest BCUT2D eigenvalue weighted by Crippen LogP contribution is 2.26. The van der Waals surface area contributed by atoms with Crippen molar-refractivity contribution in [2.75, 3.05) is 13.2 Å².